The Kier molecular flexibility index (Phi) is 25.0. The van der Waals surface area contributed by atoms with E-state index in [0.29, 0.717) is 25.7 Å². The second-order valence-electron chi connectivity index (χ2n) is 8.99. The summed E-state index contributed by atoms with van der Waals surface area (Å²) in [7, 11) is 0. The molecule has 35 heavy (non-hydrogen) atoms. The predicted molar refractivity (Wildman–Crippen MR) is 136 cm³/mol. The number of rotatable bonds is 19. The van der Waals surface area contributed by atoms with Gasteiger partial charge in [-0.1, -0.05) is 66.7 Å². The van der Waals surface area contributed by atoms with Crippen molar-refractivity contribution in [1.82, 2.24) is 0 Å². The predicted octanol–water partition coefficient (Wildman–Crippen LogP) is 5.93. The molecule has 0 heterocycles. The van der Waals surface area contributed by atoms with Gasteiger partial charge in [0.2, 0.25) is 0 Å². The molecule has 1 atom stereocenters. The van der Waals surface area contributed by atoms with Crippen molar-refractivity contribution in [2.75, 3.05) is 19.8 Å². The lowest BCUT2D eigenvalue weighted by Gasteiger charge is -2.10. The monoisotopic (exact) mass is 502 g/mol. The smallest absolute Gasteiger partial charge is 0.306 e. The van der Waals surface area contributed by atoms with Crippen molar-refractivity contribution < 1.29 is 38.1 Å². The number of carbonyl (C=O) groups excluding carboxylic acids is 4. The van der Waals surface area contributed by atoms with Crippen LogP contribution in [0.5, 0.6) is 0 Å². The molecule has 0 aromatic heterocycles. The molecule has 0 aliphatic heterocycles. The first kappa shape index (κ1) is 35.0. The Labute approximate surface area is 212 Å². The van der Waals surface area contributed by atoms with Gasteiger partial charge in [-0.05, 0) is 32.1 Å². The Morgan fingerprint density at radius 2 is 1.00 bits per heavy atom. The maximum absolute atomic E-state index is 11.3. The van der Waals surface area contributed by atoms with Crippen LogP contribution in [0.2, 0.25) is 0 Å². The zero-order valence-electron chi connectivity index (χ0n) is 23.0. The van der Waals surface area contributed by atoms with Gasteiger partial charge in [0.05, 0.1) is 51.6 Å². The van der Waals surface area contributed by atoms with Crippen molar-refractivity contribution in [3.63, 3.8) is 0 Å². The zero-order valence-corrected chi connectivity index (χ0v) is 23.0. The highest BCUT2D eigenvalue weighted by atomic mass is 16.5. The van der Waals surface area contributed by atoms with Crippen LogP contribution in [0.1, 0.15) is 119 Å². The van der Waals surface area contributed by atoms with Gasteiger partial charge in [0.25, 0.3) is 0 Å². The highest BCUT2D eigenvalue weighted by molar-refractivity contribution is 5.78. The van der Waals surface area contributed by atoms with Crippen LogP contribution in [0.3, 0.4) is 0 Å². The summed E-state index contributed by atoms with van der Waals surface area (Å²) >= 11 is 0. The number of esters is 4. The molecule has 0 aromatic carbocycles. The van der Waals surface area contributed by atoms with Crippen LogP contribution in [-0.2, 0) is 38.1 Å². The molecule has 1 unspecified atom stereocenters. The lowest BCUT2D eigenvalue weighted by Crippen LogP contribution is -2.15. The second kappa shape index (κ2) is 25.0. The molecule has 0 aliphatic carbocycles. The summed E-state index contributed by atoms with van der Waals surface area (Å²) < 4.78 is 20.0. The van der Waals surface area contributed by atoms with Crippen LogP contribution in [0, 0.1) is 5.92 Å². The van der Waals surface area contributed by atoms with Gasteiger partial charge in [-0.2, -0.15) is 0 Å². The van der Waals surface area contributed by atoms with E-state index in [0.717, 1.165) is 44.9 Å². The molecule has 0 saturated carbocycles. The van der Waals surface area contributed by atoms with E-state index in [4.69, 9.17) is 18.9 Å². The summed E-state index contributed by atoms with van der Waals surface area (Å²) in [5.74, 6) is -0.966. The molecule has 206 valence electrons. The molecule has 0 rings (SSSR count). The minimum atomic E-state index is -0.329. The van der Waals surface area contributed by atoms with Gasteiger partial charge < -0.3 is 18.9 Å². The van der Waals surface area contributed by atoms with Gasteiger partial charge in [-0.15, -0.1) is 0 Å². The average molecular weight is 503 g/mol. The fourth-order valence-electron chi connectivity index (χ4n) is 2.50. The number of unbranched alkanes of at least 4 members (excludes halogenated alkanes) is 5. The molecule has 8 nitrogen and oxygen atoms in total. The number of carbonyl (C=O) groups is 4. The lowest BCUT2D eigenvalue weighted by molar-refractivity contribution is -0.153. The first-order valence-corrected chi connectivity index (χ1v) is 13.3. The largest absolute Gasteiger partial charge is 0.466 e. The molecular weight excluding hydrogens is 452 g/mol. The van der Waals surface area contributed by atoms with E-state index in [-0.39, 0.29) is 55.7 Å². The summed E-state index contributed by atoms with van der Waals surface area (Å²) in [5, 5.41) is 0. The average Bonchev–Trinajstić information content (AvgIpc) is 2.83. The Morgan fingerprint density at radius 3 is 1.46 bits per heavy atom. The van der Waals surface area contributed by atoms with E-state index < -0.39 is 0 Å². The normalized spacial score (nSPS) is 11.2. The van der Waals surface area contributed by atoms with Gasteiger partial charge in [-0.25, -0.2) is 0 Å². The Morgan fingerprint density at radius 1 is 0.571 bits per heavy atom. The molecule has 0 fully saturated rings. The number of hydrogen-bond acceptors (Lipinski definition) is 8. The molecule has 0 saturated heterocycles. The van der Waals surface area contributed by atoms with E-state index in [1.807, 2.05) is 27.7 Å². The molecule has 0 bridgehead atoms. The van der Waals surface area contributed by atoms with Gasteiger partial charge in [-0.3, -0.25) is 19.2 Å². The molecule has 0 spiro atoms. The highest BCUT2D eigenvalue weighted by Gasteiger charge is 2.11. The van der Waals surface area contributed by atoms with E-state index in [1.54, 1.807) is 0 Å². The Bertz CT molecular complexity index is 559. The Balaban J connectivity index is 0. The summed E-state index contributed by atoms with van der Waals surface area (Å²) in [6.07, 6.45) is 8.51. The third kappa shape index (κ3) is 28.0. The summed E-state index contributed by atoms with van der Waals surface area (Å²) in [6, 6.07) is 0. The summed E-state index contributed by atoms with van der Waals surface area (Å²) in [4.78, 5) is 45.0. The van der Waals surface area contributed by atoms with Crippen molar-refractivity contribution >= 4 is 23.9 Å². The maximum Gasteiger partial charge on any atom is 0.306 e. The number of hydrogen-bond donors (Lipinski definition) is 0. The molecular formula is C27H50O8. The summed E-state index contributed by atoms with van der Waals surface area (Å²) in [5.41, 5.74) is 0. The standard InChI is InChI=1S/C14H26O4.C13H24O4/c1-4-6-7-8-11-17-13(15)9-10-14(16)18-12(3)5-2;1-4-5-6-9-16-12(14)7-8-13(15)17-10-11(2)3/h12H,4-11H2,1-3H3;11H,4-10H2,1-3H3. The van der Waals surface area contributed by atoms with Crippen molar-refractivity contribution in [2.24, 2.45) is 5.92 Å². The minimum Gasteiger partial charge on any atom is -0.466 e. The van der Waals surface area contributed by atoms with Crippen LogP contribution in [0.15, 0.2) is 0 Å². The van der Waals surface area contributed by atoms with E-state index >= 15 is 0 Å². The minimum absolute atomic E-state index is 0.0810. The second-order valence-corrected chi connectivity index (χ2v) is 8.99. The maximum atomic E-state index is 11.3. The van der Waals surface area contributed by atoms with Gasteiger partial charge in [0, 0.05) is 0 Å². The van der Waals surface area contributed by atoms with E-state index in [1.165, 1.54) is 6.42 Å². The molecule has 0 N–H and O–H groups in total. The fourth-order valence-corrected chi connectivity index (χ4v) is 2.50. The van der Waals surface area contributed by atoms with Crippen molar-refractivity contribution in [3.05, 3.63) is 0 Å². The fraction of sp³-hybridized carbons (Fsp3) is 0.852. The van der Waals surface area contributed by atoms with Crippen molar-refractivity contribution in [3.8, 4) is 0 Å². The zero-order chi connectivity index (χ0) is 26.9. The van der Waals surface area contributed by atoms with E-state index in [9.17, 15) is 19.2 Å². The summed E-state index contributed by atoms with van der Waals surface area (Å²) in [6.45, 7) is 13.3. The Hall–Kier alpha value is -2.12. The van der Waals surface area contributed by atoms with Crippen LogP contribution in [0.25, 0.3) is 0 Å². The first-order valence-electron chi connectivity index (χ1n) is 13.3. The lowest BCUT2D eigenvalue weighted by atomic mass is 10.2. The van der Waals surface area contributed by atoms with Crippen LogP contribution in [0.4, 0.5) is 0 Å². The van der Waals surface area contributed by atoms with Gasteiger partial charge >= 0.3 is 23.9 Å². The number of ether oxygens (including phenoxy) is 4. The van der Waals surface area contributed by atoms with Gasteiger partial charge in [0.15, 0.2) is 0 Å². The topological polar surface area (TPSA) is 105 Å². The van der Waals surface area contributed by atoms with Crippen LogP contribution in [-0.4, -0.2) is 49.8 Å². The van der Waals surface area contributed by atoms with Crippen molar-refractivity contribution in [2.45, 2.75) is 125 Å². The third-order valence-electron chi connectivity index (χ3n) is 4.82. The van der Waals surface area contributed by atoms with Crippen molar-refractivity contribution in [1.29, 1.82) is 0 Å². The molecule has 8 heteroatoms. The van der Waals surface area contributed by atoms with E-state index in [2.05, 4.69) is 13.8 Å². The molecule has 0 amide bonds. The first-order chi connectivity index (χ1) is 16.7. The third-order valence-corrected chi connectivity index (χ3v) is 4.82. The molecule has 0 aliphatic rings. The SMILES string of the molecule is CCCCCCOC(=O)CCC(=O)OC(C)CC.CCCCCOC(=O)CCC(=O)OCC(C)C. The molecule has 0 radical (unpaired) electrons. The van der Waals surface area contributed by atoms with Crippen LogP contribution >= 0.6 is 0 Å². The highest BCUT2D eigenvalue weighted by Crippen LogP contribution is 2.04. The van der Waals surface area contributed by atoms with Gasteiger partial charge in [0.1, 0.15) is 0 Å². The molecule has 0 aromatic rings. The quantitative estimate of drug-likeness (QED) is 0.122. The van der Waals surface area contributed by atoms with Crippen LogP contribution < -0.4 is 0 Å².